The Morgan fingerprint density at radius 1 is 0.292 bits per heavy atom. The molecule has 0 radical (unpaired) electrons. The number of fused-ring (bicyclic) bond motifs is 2. The van der Waals surface area contributed by atoms with Gasteiger partial charge in [0.2, 0.25) is 0 Å². The molecule has 0 saturated carbocycles. The minimum atomic E-state index is 0.724. The Balaban J connectivity index is 0.000000152. The highest BCUT2D eigenvalue weighted by molar-refractivity contribution is 6.21. The Bertz CT molecular complexity index is 2000. The van der Waals surface area contributed by atoms with Crippen molar-refractivity contribution in [2.45, 2.75) is 26.7 Å². The number of para-hydroxylation sites is 4. The van der Waals surface area contributed by atoms with Gasteiger partial charge in [-0.2, -0.15) is 0 Å². The number of rotatable bonds is 4. The maximum absolute atomic E-state index is 4.92. The lowest BCUT2D eigenvalue weighted by Gasteiger charge is -2.08. The summed E-state index contributed by atoms with van der Waals surface area (Å²) in [6.45, 7) is 4.20. The first-order valence-corrected chi connectivity index (χ1v) is 16.3. The smallest absolute Gasteiger partial charge is 0.0889 e. The molecule has 2 heterocycles. The van der Waals surface area contributed by atoms with Crippen molar-refractivity contribution in [2.75, 3.05) is 0 Å². The fraction of sp³-hybridized carbons (Fsp3) is 0.0909. The topological polar surface area (TPSA) is 49.4 Å². The van der Waals surface area contributed by atoms with E-state index in [-0.39, 0.29) is 0 Å². The molecule has 0 unspecified atom stereocenters. The number of hydrogen-bond acceptors (Lipinski definition) is 4. The van der Waals surface area contributed by atoms with Crippen LogP contribution in [-0.4, -0.2) is 22.8 Å². The Morgan fingerprint density at radius 2 is 0.542 bits per heavy atom. The first-order valence-electron chi connectivity index (χ1n) is 16.3. The Labute approximate surface area is 282 Å². The third-order valence-corrected chi connectivity index (χ3v) is 8.44. The molecule has 0 atom stereocenters. The van der Waals surface area contributed by atoms with E-state index in [0.29, 0.717) is 0 Å². The highest BCUT2D eigenvalue weighted by Crippen LogP contribution is 2.34. The molecule has 0 fully saturated rings. The van der Waals surface area contributed by atoms with Crippen molar-refractivity contribution >= 4 is 45.6 Å². The largest absolute Gasteiger partial charge is 0.250 e. The van der Waals surface area contributed by atoms with Crippen LogP contribution >= 0.6 is 0 Å². The normalized spacial score (nSPS) is 13.5. The average molecular weight is 621 g/mol. The van der Waals surface area contributed by atoms with Crippen molar-refractivity contribution in [3.05, 3.63) is 191 Å². The molecule has 48 heavy (non-hydrogen) atoms. The van der Waals surface area contributed by atoms with E-state index >= 15 is 0 Å². The predicted molar refractivity (Wildman–Crippen MR) is 202 cm³/mol. The third-order valence-electron chi connectivity index (χ3n) is 8.44. The predicted octanol–water partition coefficient (Wildman–Crippen LogP) is 11.3. The minimum absolute atomic E-state index is 0.724. The second kappa shape index (κ2) is 14.2. The molecule has 0 N–H and O–H groups in total. The maximum Gasteiger partial charge on any atom is 0.0889 e. The summed E-state index contributed by atoms with van der Waals surface area (Å²) < 4.78 is 0. The highest BCUT2D eigenvalue weighted by atomic mass is 14.9. The lowest BCUT2D eigenvalue weighted by Crippen LogP contribution is -2.09. The standard InChI is InChI=1S/2C22H18N2/c2*1-16-11-13-18(14-12-16)22-15-21(17-7-3-2-4-8-17)23-19-9-5-6-10-20(19)24-22/h2*2-14H,15H2,1H3. The summed E-state index contributed by atoms with van der Waals surface area (Å²) in [6, 6.07) is 54.0. The van der Waals surface area contributed by atoms with Gasteiger partial charge in [0.05, 0.1) is 45.6 Å². The van der Waals surface area contributed by atoms with Crippen LogP contribution in [0.15, 0.2) is 178 Å². The van der Waals surface area contributed by atoms with E-state index in [2.05, 4.69) is 111 Å². The summed E-state index contributed by atoms with van der Waals surface area (Å²) in [4.78, 5) is 19.6. The molecule has 0 aromatic heterocycles. The summed E-state index contributed by atoms with van der Waals surface area (Å²) in [5, 5.41) is 0. The number of hydrogen-bond donors (Lipinski definition) is 0. The van der Waals surface area contributed by atoms with E-state index in [9.17, 15) is 0 Å². The van der Waals surface area contributed by atoms with Crippen LogP contribution < -0.4 is 0 Å². The maximum atomic E-state index is 4.92. The molecule has 4 heteroatoms. The molecule has 2 aliphatic rings. The van der Waals surface area contributed by atoms with Crippen LogP contribution in [0.2, 0.25) is 0 Å². The second-order valence-electron chi connectivity index (χ2n) is 12.0. The van der Waals surface area contributed by atoms with Crippen molar-refractivity contribution in [1.29, 1.82) is 0 Å². The molecule has 4 nitrogen and oxygen atoms in total. The zero-order chi connectivity index (χ0) is 32.7. The first-order chi connectivity index (χ1) is 23.6. The molecule has 232 valence electrons. The van der Waals surface area contributed by atoms with Gasteiger partial charge in [-0.3, -0.25) is 20.0 Å². The van der Waals surface area contributed by atoms with Gasteiger partial charge in [-0.1, -0.05) is 145 Å². The number of aryl methyl sites for hydroxylation is 2. The molecule has 0 spiro atoms. The van der Waals surface area contributed by atoms with Crippen LogP contribution in [0.5, 0.6) is 0 Å². The van der Waals surface area contributed by atoms with Crippen LogP contribution in [0.4, 0.5) is 22.7 Å². The van der Waals surface area contributed by atoms with E-state index in [1.165, 1.54) is 11.1 Å². The fourth-order valence-corrected chi connectivity index (χ4v) is 5.78. The van der Waals surface area contributed by atoms with Crippen LogP contribution in [0.1, 0.15) is 46.2 Å². The van der Waals surface area contributed by atoms with Crippen molar-refractivity contribution < 1.29 is 0 Å². The van der Waals surface area contributed by atoms with Crippen LogP contribution in [0, 0.1) is 13.8 Å². The average Bonchev–Trinajstić information content (AvgIpc) is 3.46. The van der Waals surface area contributed by atoms with E-state index in [0.717, 1.165) is 80.7 Å². The van der Waals surface area contributed by atoms with Gasteiger partial charge < -0.3 is 0 Å². The monoisotopic (exact) mass is 620 g/mol. The van der Waals surface area contributed by atoms with Crippen LogP contribution in [-0.2, 0) is 0 Å². The highest BCUT2D eigenvalue weighted by Gasteiger charge is 2.17. The summed E-state index contributed by atoms with van der Waals surface area (Å²) >= 11 is 0. The Hall–Kier alpha value is -6.00. The lowest BCUT2D eigenvalue weighted by atomic mass is 9.99. The number of aliphatic imine (C=N–C) groups is 4. The van der Waals surface area contributed by atoms with Crippen LogP contribution in [0.3, 0.4) is 0 Å². The summed E-state index contributed by atoms with van der Waals surface area (Å²) in [7, 11) is 0. The quantitative estimate of drug-likeness (QED) is 0.188. The van der Waals surface area contributed by atoms with E-state index in [1.54, 1.807) is 0 Å². The minimum Gasteiger partial charge on any atom is -0.250 e. The Kier molecular flexibility index (Phi) is 9.06. The molecule has 6 aromatic carbocycles. The zero-order valence-electron chi connectivity index (χ0n) is 27.2. The molecule has 0 bridgehead atoms. The molecular formula is C44H36N4. The lowest BCUT2D eigenvalue weighted by molar-refractivity contribution is 1.41. The molecule has 0 aliphatic carbocycles. The van der Waals surface area contributed by atoms with E-state index < -0.39 is 0 Å². The summed E-state index contributed by atoms with van der Waals surface area (Å²) in [5.74, 6) is 0. The summed E-state index contributed by atoms with van der Waals surface area (Å²) in [5.41, 5.74) is 15.1. The van der Waals surface area contributed by atoms with Gasteiger partial charge in [-0.15, -0.1) is 0 Å². The summed E-state index contributed by atoms with van der Waals surface area (Å²) in [6.07, 6.45) is 1.45. The molecule has 0 saturated heterocycles. The van der Waals surface area contributed by atoms with Gasteiger partial charge in [-0.25, -0.2) is 0 Å². The SMILES string of the molecule is Cc1ccc(C2=Nc3ccccc3N=C(c3ccccc3)C2)cc1.Cc1ccc(C2=Nc3ccccc3N=C(c3ccccc3)C2)cc1. The van der Waals surface area contributed by atoms with E-state index in [1.807, 2.05) is 60.7 Å². The first kappa shape index (κ1) is 30.6. The zero-order valence-corrected chi connectivity index (χ0v) is 27.2. The molecule has 2 aliphatic heterocycles. The molecule has 6 aromatic rings. The Morgan fingerprint density at radius 3 is 0.833 bits per heavy atom. The van der Waals surface area contributed by atoms with E-state index in [4.69, 9.17) is 20.0 Å². The fourth-order valence-electron chi connectivity index (χ4n) is 5.78. The van der Waals surface area contributed by atoms with Gasteiger partial charge in [0, 0.05) is 12.8 Å². The van der Waals surface area contributed by atoms with Crippen molar-refractivity contribution in [1.82, 2.24) is 0 Å². The van der Waals surface area contributed by atoms with Crippen molar-refractivity contribution in [3.8, 4) is 0 Å². The number of nitrogens with zero attached hydrogens (tertiary/aromatic N) is 4. The third kappa shape index (κ3) is 7.19. The number of benzene rings is 6. The molecule has 0 amide bonds. The van der Waals surface area contributed by atoms with Gasteiger partial charge in [0.25, 0.3) is 0 Å². The van der Waals surface area contributed by atoms with Crippen molar-refractivity contribution in [3.63, 3.8) is 0 Å². The van der Waals surface area contributed by atoms with Gasteiger partial charge in [0.1, 0.15) is 0 Å². The van der Waals surface area contributed by atoms with Crippen molar-refractivity contribution in [2.24, 2.45) is 20.0 Å². The molecular weight excluding hydrogens is 585 g/mol. The van der Waals surface area contributed by atoms with Gasteiger partial charge in [-0.05, 0) is 60.4 Å². The van der Waals surface area contributed by atoms with Gasteiger partial charge >= 0.3 is 0 Å². The van der Waals surface area contributed by atoms with Gasteiger partial charge in [0.15, 0.2) is 0 Å². The molecule has 8 rings (SSSR count). The second-order valence-corrected chi connectivity index (χ2v) is 12.0. The van der Waals surface area contributed by atoms with Crippen LogP contribution in [0.25, 0.3) is 0 Å².